The van der Waals surface area contributed by atoms with E-state index in [1.807, 2.05) is 48.6 Å². The molecule has 0 aromatic heterocycles. The molecule has 0 saturated heterocycles. The van der Waals surface area contributed by atoms with Gasteiger partial charge in [0.15, 0.2) is 11.6 Å². The second kappa shape index (κ2) is 8.91. The molecular formula is C25H22F2N2O. The molecule has 3 aromatic rings. The van der Waals surface area contributed by atoms with Crippen LogP contribution in [0.15, 0.2) is 77.8 Å². The highest BCUT2D eigenvalue weighted by molar-refractivity contribution is 6.14. The number of halogens is 2. The molecule has 152 valence electrons. The fourth-order valence-corrected chi connectivity index (χ4v) is 3.40. The molecule has 0 fully saturated rings. The summed E-state index contributed by atoms with van der Waals surface area (Å²) in [5.41, 5.74) is 4.62. The van der Waals surface area contributed by atoms with Crippen LogP contribution in [0.1, 0.15) is 16.7 Å². The van der Waals surface area contributed by atoms with Gasteiger partial charge >= 0.3 is 0 Å². The normalized spacial score (nSPS) is 13.7. The van der Waals surface area contributed by atoms with Gasteiger partial charge < -0.3 is 9.64 Å². The number of rotatable bonds is 5. The lowest BCUT2D eigenvalue weighted by Crippen LogP contribution is -2.20. The van der Waals surface area contributed by atoms with Gasteiger partial charge in [0.25, 0.3) is 0 Å². The van der Waals surface area contributed by atoms with Gasteiger partial charge in [-0.25, -0.2) is 8.78 Å². The van der Waals surface area contributed by atoms with Crippen molar-refractivity contribution in [3.63, 3.8) is 0 Å². The lowest BCUT2D eigenvalue weighted by molar-refractivity contribution is 0.304. The standard InChI is InChI=1S/C25H22F2N2O/c1-29-15-14-28-23(20-7-3-4-8-24(20)29)13-11-19-6-2-5-9-25(19)30-17-18-10-12-21(26)22(27)16-18/h2-13,16H,14-15,17H2,1H3. The molecule has 1 aliphatic heterocycles. The topological polar surface area (TPSA) is 24.8 Å². The molecule has 5 heteroatoms. The van der Waals surface area contributed by atoms with Crippen LogP contribution in [0.25, 0.3) is 6.08 Å². The second-order valence-corrected chi connectivity index (χ2v) is 7.11. The smallest absolute Gasteiger partial charge is 0.159 e. The van der Waals surface area contributed by atoms with Gasteiger partial charge in [0, 0.05) is 30.4 Å². The summed E-state index contributed by atoms with van der Waals surface area (Å²) >= 11 is 0. The molecule has 0 N–H and O–H groups in total. The van der Waals surface area contributed by atoms with Crippen molar-refractivity contribution in [3.05, 3.63) is 101 Å². The first-order valence-corrected chi connectivity index (χ1v) is 9.80. The van der Waals surface area contributed by atoms with Crippen LogP contribution < -0.4 is 9.64 Å². The molecule has 30 heavy (non-hydrogen) atoms. The monoisotopic (exact) mass is 404 g/mol. The summed E-state index contributed by atoms with van der Waals surface area (Å²) in [5, 5.41) is 0. The van der Waals surface area contributed by atoms with Crippen LogP contribution in [-0.2, 0) is 6.61 Å². The van der Waals surface area contributed by atoms with E-state index in [-0.39, 0.29) is 6.61 Å². The third kappa shape index (κ3) is 4.40. The molecule has 3 nitrogen and oxygen atoms in total. The van der Waals surface area contributed by atoms with E-state index >= 15 is 0 Å². The Hall–Kier alpha value is -3.47. The second-order valence-electron chi connectivity index (χ2n) is 7.11. The van der Waals surface area contributed by atoms with Gasteiger partial charge in [-0.05, 0) is 42.0 Å². The van der Waals surface area contributed by atoms with Crippen molar-refractivity contribution >= 4 is 17.5 Å². The van der Waals surface area contributed by atoms with Gasteiger partial charge in [-0.15, -0.1) is 0 Å². The highest BCUT2D eigenvalue weighted by atomic mass is 19.2. The number of nitrogens with zero attached hydrogens (tertiary/aromatic N) is 2. The van der Waals surface area contributed by atoms with Crippen molar-refractivity contribution in [1.82, 2.24) is 0 Å². The molecule has 0 aliphatic carbocycles. The van der Waals surface area contributed by atoms with Crippen LogP contribution in [0.2, 0.25) is 0 Å². The van der Waals surface area contributed by atoms with Gasteiger partial charge in [-0.3, -0.25) is 4.99 Å². The number of benzene rings is 3. The van der Waals surface area contributed by atoms with E-state index in [0.29, 0.717) is 11.3 Å². The van der Waals surface area contributed by atoms with Gasteiger partial charge in [-0.2, -0.15) is 0 Å². The zero-order valence-corrected chi connectivity index (χ0v) is 16.7. The molecule has 4 rings (SSSR count). The van der Waals surface area contributed by atoms with Crippen molar-refractivity contribution in [2.24, 2.45) is 4.99 Å². The number of hydrogen-bond acceptors (Lipinski definition) is 3. The Labute approximate surface area is 175 Å². The van der Waals surface area contributed by atoms with E-state index in [2.05, 4.69) is 24.1 Å². The Morgan fingerprint density at radius 3 is 2.63 bits per heavy atom. The number of benzodiazepines with no additional fused rings is 1. The van der Waals surface area contributed by atoms with Gasteiger partial charge in [-0.1, -0.05) is 42.5 Å². The maximum atomic E-state index is 13.4. The molecule has 0 amide bonds. The predicted molar refractivity (Wildman–Crippen MR) is 117 cm³/mol. The van der Waals surface area contributed by atoms with E-state index < -0.39 is 11.6 Å². The number of aliphatic imine (C=N–C) groups is 1. The number of ether oxygens (including phenoxy) is 1. The van der Waals surface area contributed by atoms with Crippen molar-refractivity contribution in [2.45, 2.75) is 6.61 Å². The number of anilines is 1. The molecule has 3 aromatic carbocycles. The van der Waals surface area contributed by atoms with Crippen LogP contribution >= 0.6 is 0 Å². The van der Waals surface area contributed by atoms with Crippen molar-refractivity contribution < 1.29 is 13.5 Å². The summed E-state index contributed by atoms with van der Waals surface area (Å²) in [6.45, 7) is 1.73. The van der Waals surface area contributed by atoms with E-state index in [4.69, 9.17) is 9.73 Å². The lowest BCUT2D eigenvalue weighted by Gasteiger charge is -2.18. The average Bonchev–Trinajstić information content (AvgIpc) is 2.92. The summed E-state index contributed by atoms with van der Waals surface area (Å²) in [6, 6.07) is 19.6. The Morgan fingerprint density at radius 1 is 0.967 bits per heavy atom. The number of allylic oxidation sites excluding steroid dienone is 1. The predicted octanol–water partition coefficient (Wildman–Crippen LogP) is 5.50. The number of para-hydroxylation sites is 2. The fourth-order valence-electron chi connectivity index (χ4n) is 3.40. The first kappa shape index (κ1) is 19.8. The minimum absolute atomic E-state index is 0.149. The van der Waals surface area contributed by atoms with Crippen LogP contribution in [0.4, 0.5) is 14.5 Å². The Morgan fingerprint density at radius 2 is 1.77 bits per heavy atom. The summed E-state index contributed by atoms with van der Waals surface area (Å²) < 4.78 is 32.4. The summed E-state index contributed by atoms with van der Waals surface area (Å²) in [6.07, 6.45) is 3.97. The van der Waals surface area contributed by atoms with E-state index in [0.717, 1.165) is 47.7 Å². The van der Waals surface area contributed by atoms with Gasteiger partial charge in [0.1, 0.15) is 12.4 Å². The third-order valence-electron chi connectivity index (χ3n) is 5.03. The quantitative estimate of drug-likeness (QED) is 0.561. The molecule has 0 radical (unpaired) electrons. The highest BCUT2D eigenvalue weighted by Crippen LogP contribution is 2.25. The fraction of sp³-hybridized carbons (Fsp3) is 0.160. The number of hydrogen-bond donors (Lipinski definition) is 0. The largest absolute Gasteiger partial charge is 0.488 e. The van der Waals surface area contributed by atoms with Crippen LogP contribution in [0.3, 0.4) is 0 Å². The lowest BCUT2D eigenvalue weighted by atomic mass is 10.1. The first-order valence-electron chi connectivity index (χ1n) is 9.80. The zero-order chi connectivity index (χ0) is 20.9. The Kier molecular flexibility index (Phi) is 5.89. The average molecular weight is 404 g/mol. The minimum atomic E-state index is -0.876. The van der Waals surface area contributed by atoms with Crippen LogP contribution in [-0.4, -0.2) is 25.8 Å². The Bertz CT molecular complexity index is 1110. The molecule has 0 atom stereocenters. The molecule has 0 bridgehead atoms. The molecule has 0 saturated carbocycles. The molecular weight excluding hydrogens is 382 g/mol. The van der Waals surface area contributed by atoms with Crippen molar-refractivity contribution in [1.29, 1.82) is 0 Å². The van der Waals surface area contributed by atoms with E-state index in [1.165, 1.54) is 6.07 Å². The SMILES string of the molecule is CN1CCN=C(C=Cc2ccccc2OCc2ccc(F)c(F)c2)c2ccccc21. The highest BCUT2D eigenvalue weighted by Gasteiger charge is 2.14. The number of fused-ring (bicyclic) bond motifs is 1. The van der Waals surface area contributed by atoms with E-state index in [9.17, 15) is 8.78 Å². The third-order valence-corrected chi connectivity index (χ3v) is 5.03. The molecule has 0 spiro atoms. The molecule has 1 aliphatic rings. The number of likely N-dealkylation sites (N-methyl/N-ethyl adjacent to an activating group) is 1. The molecule has 1 heterocycles. The zero-order valence-electron chi connectivity index (χ0n) is 16.7. The van der Waals surface area contributed by atoms with Gasteiger partial charge in [0.2, 0.25) is 0 Å². The van der Waals surface area contributed by atoms with Crippen LogP contribution in [0.5, 0.6) is 5.75 Å². The van der Waals surface area contributed by atoms with Crippen LogP contribution in [0, 0.1) is 11.6 Å². The molecule has 0 unspecified atom stereocenters. The maximum Gasteiger partial charge on any atom is 0.159 e. The summed E-state index contributed by atoms with van der Waals surface area (Å²) in [7, 11) is 2.07. The van der Waals surface area contributed by atoms with E-state index in [1.54, 1.807) is 0 Å². The van der Waals surface area contributed by atoms with Crippen molar-refractivity contribution in [2.75, 3.05) is 25.0 Å². The van der Waals surface area contributed by atoms with Crippen molar-refractivity contribution in [3.8, 4) is 5.75 Å². The Balaban J connectivity index is 1.55. The first-order chi connectivity index (χ1) is 14.6. The summed E-state index contributed by atoms with van der Waals surface area (Å²) in [5.74, 6) is -1.07. The summed E-state index contributed by atoms with van der Waals surface area (Å²) in [4.78, 5) is 6.95. The minimum Gasteiger partial charge on any atom is -0.488 e. The maximum absolute atomic E-state index is 13.4. The van der Waals surface area contributed by atoms with Gasteiger partial charge in [0.05, 0.1) is 12.3 Å².